The van der Waals surface area contributed by atoms with E-state index in [2.05, 4.69) is 5.10 Å². The number of rotatable bonds is 3. The van der Waals surface area contributed by atoms with Crippen LogP contribution in [0.4, 0.5) is 17.6 Å². The van der Waals surface area contributed by atoms with Crippen LogP contribution in [0.5, 0.6) is 0 Å². The molecule has 4 rings (SSSR count). The van der Waals surface area contributed by atoms with Crippen molar-refractivity contribution in [2.75, 3.05) is 0 Å². The summed E-state index contributed by atoms with van der Waals surface area (Å²) in [6, 6.07) is 9.72. The number of benzene rings is 3. The van der Waals surface area contributed by atoms with Gasteiger partial charge >= 0.3 is 0 Å². The summed E-state index contributed by atoms with van der Waals surface area (Å²) in [6.07, 6.45) is -2.91. The number of hydrogen-bond donors (Lipinski definition) is 1. The van der Waals surface area contributed by atoms with Crippen molar-refractivity contribution in [3.63, 3.8) is 0 Å². The fourth-order valence-corrected chi connectivity index (χ4v) is 3.61. The summed E-state index contributed by atoms with van der Waals surface area (Å²) in [5, 5.41) is 9.15. The van der Waals surface area contributed by atoms with Crippen LogP contribution in [0, 0.1) is 11.6 Å². The van der Waals surface area contributed by atoms with Crippen LogP contribution >= 0.6 is 0 Å². The van der Waals surface area contributed by atoms with Crippen LogP contribution in [0.1, 0.15) is 12.1 Å². The molecule has 5 nitrogen and oxygen atoms in total. The maximum absolute atomic E-state index is 14.2. The van der Waals surface area contributed by atoms with Crippen LogP contribution in [0.2, 0.25) is 0 Å². The van der Waals surface area contributed by atoms with Crippen LogP contribution in [-0.4, -0.2) is 18.2 Å². The van der Waals surface area contributed by atoms with E-state index < -0.39 is 33.8 Å². The maximum atomic E-state index is 14.2. The molecule has 0 amide bonds. The summed E-state index contributed by atoms with van der Waals surface area (Å²) in [5.74, 6) is -2.17. The van der Waals surface area contributed by atoms with Crippen molar-refractivity contribution in [1.82, 2.24) is 9.78 Å². The van der Waals surface area contributed by atoms with Gasteiger partial charge in [-0.3, -0.25) is 0 Å². The largest absolute Gasteiger partial charge is 0.282 e. The van der Waals surface area contributed by atoms with Crippen molar-refractivity contribution < 1.29 is 26.0 Å². The van der Waals surface area contributed by atoms with Crippen molar-refractivity contribution in [3.8, 4) is 5.69 Å². The fourth-order valence-electron chi connectivity index (χ4n) is 3.10. The number of nitrogens with two attached hydrogens (primary N) is 1. The minimum Gasteiger partial charge on any atom is -0.232 e. The summed E-state index contributed by atoms with van der Waals surface area (Å²) in [5.41, 5.74) is -0.131. The van der Waals surface area contributed by atoms with Crippen LogP contribution in [-0.2, 0) is 10.0 Å². The molecule has 0 atom stereocenters. The van der Waals surface area contributed by atoms with Gasteiger partial charge in [-0.1, -0.05) is 6.07 Å². The second kappa shape index (κ2) is 6.28. The summed E-state index contributed by atoms with van der Waals surface area (Å²) in [4.78, 5) is -0.167. The van der Waals surface area contributed by atoms with E-state index in [0.29, 0.717) is 0 Å². The number of halogens is 4. The van der Waals surface area contributed by atoms with Crippen LogP contribution < -0.4 is 5.14 Å². The molecule has 1 aromatic heterocycles. The lowest BCUT2D eigenvalue weighted by Gasteiger charge is -2.08. The van der Waals surface area contributed by atoms with Gasteiger partial charge in [-0.05, 0) is 42.5 Å². The van der Waals surface area contributed by atoms with Gasteiger partial charge in [0.2, 0.25) is 10.0 Å². The van der Waals surface area contributed by atoms with E-state index in [0.717, 1.165) is 10.7 Å². The first-order valence-electron chi connectivity index (χ1n) is 7.89. The molecule has 0 unspecified atom stereocenters. The standard InChI is InChI=1S/C18H11F4N3O2S/c19-14-8-7-12-11(15(14)20)5-6-13-16(18(21)22)24-25(17(12)13)9-1-3-10(4-2-9)28(23,26)27/h1-8,18H,(H2,23,26,27). The molecule has 3 aromatic carbocycles. The zero-order valence-electron chi connectivity index (χ0n) is 13.9. The molecule has 0 fully saturated rings. The molecule has 1 heterocycles. The average molecular weight is 409 g/mol. The summed E-state index contributed by atoms with van der Waals surface area (Å²) < 4.78 is 78.7. The second-order valence-corrected chi connectivity index (χ2v) is 7.62. The van der Waals surface area contributed by atoms with Crippen LogP contribution in [0.3, 0.4) is 0 Å². The molecule has 2 N–H and O–H groups in total. The van der Waals surface area contributed by atoms with E-state index in [1.807, 2.05) is 0 Å². The monoisotopic (exact) mass is 409 g/mol. The van der Waals surface area contributed by atoms with Crippen molar-refractivity contribution in [2.24, 2.45) is 5.14 Å². The average Bonchev–Trinajstić information content (AvgIpc) is 3.04. The molecule has 0 spiro atoms. The normalized spacial score (nSPS) is 12.4. The SMILES string of the molecule is NS(=O)(=O)c1ccc(-n2nc(C(F)F)c3ccc4c(F)c(F)ccc4c32)cc1. The molecule has 0 aliphatic rings. The zero-order valence-corrected chi connectivity index (χ0v) is 14.7. The van der Waals surface area contributed by atoms with Crippen molar-refractivity contribution >= 4 is 31.7 Å². The number of aromatic nitrogens is 2. The Balaban J connectivity index is 2.07. The Kier molecular flexibility index (Phi) is 4.12. The Bertz CT molecular complexity index is 1330. The minimum atomic E-state index is -3.94. The van der Waals surface area contributed by atoms with Crippen molar-refractivity contribution in [2.45, 2.75) is 11.3 Å². The molecule has 0 radical (unpaired) electrons. The number of nitrogens with zero attached hydrogens (tertiary/aromatic N) is 2. The number of primary sulfonamides is 1. The van der Waals surface area contributed by atoms with E-state index in [1.54, 1.807) is 0 Å². The Labute approximate surface area is 156 Å². The van der Waals surface area contributed by atoms with Gasteiger partial charge in [-0.2, -0.15) is 5.10 Å². The van der Waals surface area contributed by atoms with Gasteiger partial charge in [0.15, 0.2) is 11.6 Å². The fraction of sp³-hybridized carbons (Fsp3) is 0.0556. The molecule has 4 aromatic rings. The molecule has 144 valence electrons. The predicted molar refractivity (Wildman–Crippen MR) is 94.8 cm³/mol. The third-order valence-electron chi connectivity index (χ3n) is 4.37. The van der Waals surface area contributed by atoms with E-state index >= 15 is 0 Å². The number of alkyl halides is 2. The number of hydrogen-bond acceptors (Lipinski definition) is 3. The van der Waals surface area contributed by atoms with Gasteiger partial charge in [-0.25, -0.2) is 35.8 Å². The van der Waals surface area contributed by atoms with E-state index in [4.69, 9.17) is 5.14 Å². The van der Waals surface area contributed by atoms with Gasteiger partial charge in [0.25, 0.3) is 6.43 Å². The van der Waals surface area contributed by atoms with E-state index in [9.17, 15) is 26.0 Å². The highest BCUT2D eigenvalue weighted by molar-refractivity contribution is 7.89. The number of sulfonamides is 1. The lowest BCUT2D eigenvalue weighted by Crippen LogP contribution is -2.12. The van der Waals surface area contributed by atoms with E-state index in [-0.39, 0.29) is 32.3 Å². The lowest BCUT2D eigenvalue weighted by molar-refractivity contribution is 0.147. The zero-order chi connectivity index (χ0) is 20.2. The topological polar surface area (TPSA) is 78.0 Å². The third-order valence-corrected chi connectivity index (χ3v) is 5.30. The molecule has 0 aliphatic heterocycles. The smallest absolute Gasteiger partial charge is 0.232 e. The summed E-state index contributed by atoms with van der Waals surface area (Å²) in [7, 11) is -3.94. The highest BCUT2D eigenvalue weighted by Crippen LogP contribution is 2.35. The number of fused-ring (bicyclic) bond motifs is 3. The highest BCUT2D eigenvalue weighted by Gasteiger charge is 2.22. The Morgan fingerprint density at radius 2 is 1.50 bits per heavy atom. The van der Waals surface area contributed by atoms with Crippen LogP contribution in [0.25, 0.3) is 27.4 Å². The first kappa shape index (κ1) is 18.4. The Morgan fingerprint density at radius 3 is 2.11 bits per heavy atom. The predicted octanol–water partition coefficient (Wildman–Crippen LogP) is 4.04. The van der Waals surface area contributed by atoms with Gasteiger partial charge in [0.05, 0.1) is 16.1 Å². The summed E-state index contributed by atoms with van der Waals surface area (Å²) >= 11 is 0. The molecule has 0 aliphatic carbocycles. The van der Waals surface area contributed by atoms with Crippen molar-refractivity contribution in [1.29, 1.82) is 0 Å². The Hall–Kier alpha value is -2.98. The highest BCUT2D eigenvalue weighted by atomic mass is 32.2. The quantitative estimate of drug-likeness (QED) is 0.519. The minimum absolute atomic E-state index is 0.0732. The third kappa shape index (κ3) is 2.81. The van der Waals surface area contributed by atoms with Crippen LogP contribution in [0.15, 0.2) is 53.4 Å². The second-order valence-electron chi connectivity index (χ2n) is 6.05. The van der Waals surface area contributed by atoms with Gasteiger partial charge in [0.1, 0.15) is 5.69 Å². The molecule has 10 heteroatoms. The molecule has 0 bridgehead atoms. The Morgan fingerprint density at radius 1 is 0.893 bits per heavy atom. The van der Waals surface area contributed by atoms with Crippen molar-refractivity contribution in [3.05, 3.63) is 65.9 Å². The molecular weight excluding hydrogens is 398 g/mol. The lowest BCUT2D eigenvalue weighted by atomic mass is 10.1. The van der Waals surface area contributed by atoms with Gasteiger partial charge in [-0.15, -0.1) is 0 Å². The molecular formula is C18H11F4N3O2S. The molecule has 28 heavy (non-hydrogen) atoms. The first-order valence-corrected chi connectivity index (χ1v) is 9.44. The summed E-state index contributed by atoms with van der Waals surface area (Å²) in [6.45, 7) is 0. The van der Waals surface area contributed by atoms with Gasteiger partial charge in [0, 0.05) is 16.2 Å². The molecule has 0 saturated heterocycles. The molecule has 0 saturated carbocycles. The van der Waals surface area contributed by atoms with Gasteiger partial charge < -0.3 is 0 Å². The van der Waals surface area contributed by atoms with E-state index in [1.165, 1.54) is 42.5 Å². The first-order chi connectivity index (χ1) is 13.2. The maximum Gasteiger partial charge on any atom is 0.282 e.